The summed E-state index contributed by atoms with van der Waals surface area (Å²) >= 11 is 0. The van der Waals surface area contributed by atoms with Gasteiger partial charge >= 0.3 is 0 Å². The van der Waals surface area contributed by atoms with Crippen molar-refractivity contribution in [1.82, 2.24) is 0 Å². The van der Waals surface area contributed by atoms with Crippen molar-refractivity contribution in [3.05, 3.63) is 60.2 Å². The van der Waals surface area contributed by atoms with Gasteiger partial charge in [0.05, 0.1) is 0 Å². The van der Waals surface area contributed by atoms with Gasteiger partial charge in [-0.05, 0) is 36.8 Å². The Hall–Kier alpha value is -2.33. The Kier molecular flexibility index (Phi) is 4.74. The van der Waals surface area contributed by atoms with E-state index < -0.39 is 0 Å². The first-order valence-corrected chi connectivity index (χ1v) is 6.48. The highest BCUT2D eigenvalue weighted by atomic mass is 16.5. The summed E-state index contributed by atoms with van der Waals surface area (Å²) in [7, 11) is 0. The molecule has 0 aliphatic carbocycles. The van der Waals surface area contributed by atoms with Crippen LogP contribution in [-0.2, 0) is 4.79 Å². The number of amides is 1. The summed E-state index contributed by atoms with van der Waals surface area (Å²) in [5.41, 5.74) is 7.51. The molecule has 4 heteroatoms. The minimum absolute atomic E-state index is 0.0214. The SMILES string of the molecule is CC(N)c1cccc(NC(=O)COc2ccccc2)c1. The fraction of sp³-hybridized carbons (Fsp3) is 0.188. The van der Waals surface area contributed by atoms with Crippen LogP contribution in [-0.4, -0.2) is 12.5 Å². The van der Waals surface area contributed by atoms with Crippen LogP contribution in [0.15, 0.2) is 54.6 Å². The van der Waals surface area contributed by atoms with E-state index in [1.165, 1.54) is 0 Å². The zero-order valence-electron chi connectivity index (χ0n) is 11.4. The van der Waals surface area contributed by atoms with Gasteiger partial charge in [0.25, 0.3) is 5.91 Å². The monoisotopic (exact) mass is 270 g/mol. The lowest BCUT2D eigenvalue weighted by Gasteiger charge is -2.10. The zero-order chi connectivity index (χ0) is 14.4. The van der Waals surface area contributed by atoms with Crippen molar-refractivity contribution in [3.63, 3.8) is 0 Å². The summed E-state index contributed by atoms with van der Waals surface area (Å²) in [6, 6.07) is 16.7. The molecular weight excluding hydrogens is 252 g/mol. The molecule has 0 heterocycles. The van der Waals surface area contributed by atoms with Crippen molar-refractivity contribution in [2.45, 2.75) is 13.0 Å². The Morgan fingerprint density at radius 2 is 1.95 bits per heavy atom. The van der Waals surface area contributed by atoms with Crippen LogP contribution in [0.1, 0.15) is 18.5 Å². The molecule has 1 amide bonds. The third-order valence-electron chi connectivity index (χ3n) is 2.81. The Balaban J connectivity index is 1.90. The van der Waals surface area contributed by atoms with E-state index >= 15 is 0 Å². The lowest BCUT2D eigenvalue weighted by molar-refractivity contribution is -0.118. The topological polar surface area (TPSA) is 64.3 Å². The predicted octanol–water partition coefficient (Wildman–Crippen LogP) is 2.72. The summed E-state index contributed by atoms with van der Waals surface area (Å²) in [4.78, 5) is 11.8. The number of para-hydroxylation sites is 1. The van der Waals surface area contributed by atoms with Gasteiger partial charge in [0.2, 0.25) is 0 Å². The van der Waals surface area contributed by atoms with E-state index in [2.05, 4.69) is 5.32 Å². The smallest absolute Gasteiger partial charge is 0.262 e. The zero-order valence-corrected chi connectivity index (χ0v) is 11.4. The molecule has 20 heavy (non-hydrogen) atoms. The molecule has 0 aliphatic heterocycles. The second-order valence-electron chi connectivity index (χ2n) is 4.56. The highest BCUT2D eigenvalue weighted by molar-refractivity contribution is 5.91. The van der Waals surface area contributed by atoms with Gasteiger partial charge in [-0.25, -0.2) is 0 Å². The van der Waals surface area contributed by atoms with Crippen LogP contribution >= 0.6 is 0 Å². The van der Waals surface area contributed by atoms with E-state index in [0.29, 0.717) is 5.75 Å². The van der Waals surface area contributed by atoms with Crippen molar-refractivity contribution < 1.29 is 9.53 Å². The normalized spacial score (nSPS) is 11.7. The highest BCUT2D eigenvalue weighted by Crippen LogP contribution is 2.15. The van der Waals surface area contributed by atoms with Crippen molar-refractivity contribution in [2.75, 3.05) is 11.9 Å². The Bertz CT molecular complexity index is 568. The number of carbonyl (C=O) groups is 1. The number of hydrogen-bond donors (Lipinski definition) is 2. The first-order valence-electron chi connectivity index (χ1n) is 6.48. The van der Waals surface area contributed by atoms with Gasteiger partial charge in [0.1, 0.15) is 5.75 Å². The Morgan fingerprint density at radius 3 is 2.65 bits per heavy atom. The van der Waals surface area contributed by atoms with E-state index in [0.717, 1.165) is 11.3 Å². The van der Waals surface area contributed by atoms with Gasteiger partial charge in [0, 0.05) is 11.7 Å². The summed E-state index contributed by atoms with van der Waals surface area (Å²) in [6.45, 7) is 1.88. The fourth-order valence-corrected chi connectivity index (χ4v) is 1.76. The van der Waals surface area contributed by atoms with E-state index in [1.807, 2.05) is 61.5 Å². The van der Waals surface area contributed by atoms with Gasteiger partial charge in [-0.1, -0.05) is 30.3 Å². The third kappa shape index (κ3) is 4.10. The summed E-state index contributed by atoms with van der Waals surface area (Å²) in [5, 5.41) is 2.79. The molecule has 0 bridgehead atoms. The van der Waals surface area contributed by atoms with Gasteiger partial charge in [0.15, 0.2) is 6.61 Å². The van der Waals surface area contributed by atoms with Crippen LogP contribution in [0.3, 0.4) is 0 Å². The minimum atomic E-state index is -0.198. The molecule has 2 aromatic carbocycles. The number of carbonyl (C=O) groups excluding carboxylic acids is 1. The molecule has 0 spiro atoms. The molecule has 0 saturated carbocycles. The lowest BCUT2D eigenvalue weighted by Crippen LogP contribution is -2.20. The van der Waals surface area contributed by atoms with Crippen molar-refractivity contribution in [3.8, 4) is 5.75 Å². The van der Waals surface area contributed by atoms with Crippen molar-refractivity contribution >= 4 is 11.6 Å². The van der Waals surface area contributed by atoms with Gasteiger partial charge in [-0.2, -0.15) is 0 Å². The predicted molar refractivity (Wildman–Crippen MR) is 79.6 cm³/mol. The van der Waals surface area contributed by atoms with Crippen LogP contribution in [0.5, 0.6) is 5.75 Å². The van der Waals surface area contributed by atoms with Crippen LogP contribution < -0.4 is 15.8 Å². The van der Waals surface area contributed by atoms with Gasteiger partial charge < -0.3 is 15.8 Å². The molecule has 0 aromatic heterocycles. The molecule has 104 valence electrons. The second kappa shape index (κ2) is 6.73. The molecule has 0 fully saturated rings. The van der Waals surface area contributed by atoms with Crippen LogP contribution in [0, 0.1) is 0 Å². The van der Waals surface area contributed by atoms with Crippen LogP contribution in [0.25, 0.3) is 0 Å². The Labute approximate surface area is 118 Å². The molecule has 3 N–H and O–H groups in total. The molecule has 0 radical (unpaired) electrons. The Morgan fingerprint density at radius 1 is 1.20 bits per heavy atom. The first kappa shape index (κ1) is 14.1. The van der Waals surface area contributed by atoms with E-state index in [1.54, 1.807) is 0 Å². The maximum atomic E-state index is 11.8. The van der Waals surface area contributed by atoms with Crippen molar-refractivity contribution in [1.29, 1.82) is 0 Å². The van der Waals surface area contributed by atoms with Gasteiger partial charge in [-0.3, -0.25) is 4.79 Å². The first-order chi connectivity index (χ1) is 9.65. The maximum Gasteiger partial charge on any atom is 0.262 e. The minimum Gasteiger partial charge on any atom is -0.484 e. The van der Waals surface area contributed by atoms with Crippen LogP contribution in [0.4, 0.5) is 5.69 Å². The third-order valence-corrected chi connectivity index (χ3v) is 2.81. The maximum absolute atomic E-state index is 11.8. The van der Waals surface area contributed by atoms with Crippen LogP contribution in [0.2, 0.25) is 0 Å². The molecule has 0 aliphatic rings. The number of hydrogen-bond acceptors (Lipinski definition) is 3. The standard InChI is InChI=1S/C16H18N2O2/c1-12(17)13-6-5-7-14(10-13)18-16(19)11-20-15-8-3-2-4-9-15/h2-10,12H,11,17H2,1H3,(H,18,19). The molecule has 2 rings (SSSR count). The van der Waals surface area contributed by atoms with E-state index in [4.69, 9.17) is 10.5 Å². The van der Waals surface area contributed by atoms with E-state index in [-0.39, 0.29) is 18.6 Å². The average Bonchev–Trinajstić information content (AvgIpc) is 2.46. The number of anilines is 1. The number of benzene rings is 2. The van der Waals surface area contributed by atoms with Crippen molar-refractivity contribution in [2.24, 2.45) is 5.73 Å². The summed E-state index contributed by atoms with van der Waals surface area (Å²) in [5.74, 6) is 0.475. The molecule has 4 nitrogen and oxygen atoms in total. The van der Waals surface area contributed by atoms with Gasteiger partial charge in [-0.15, -0.1) is 0 Å². The largest absolute Gasteiger partial charge is 0.484 e. The second-order valence-corrected chi connectivity index (χ2v) is 4.56. The molecule has 1 atom stereocenters. The highest BCUT2D eigenvalue weighted by Gasteiger charge is 2.05. The summed E-state index contributed by atoms with van der Waals surface area (Å²) in [6.07, 6.45) is 0. The number of nitrogens with one attached hydrogen (secondary N) is 1. The average molecular weight is 270 g/mol. The fourth-order valence-electron chi connectivity index (χ4n) is 1.76. The molecule has 0 saturated heterocycles. The number of ether oxygens (including phenoxy) is 1. The summed E-state index contributed by atoms with van der Waals surface area (Å²) < 4.78 is 5.38. The molecule has 1 unspecified atom stereocenters. The molecule has 2 aromatic rings. The van der Waals surface area contributed by atoms with E-state index in [9.17, 15) is 4.79 Å². The number of rotatable bonds is 5. The quantitative estimate of drug-likeness (QED) is 0.878. The lowest BCUT2D eigenvalue weighted by atomic mass is 10.1. The molecular formula is C16H18N2O2. The number of nitrogens with two attached hydrogens (primary N) is 1.